The van der Waals surface area contributed by atoms with Crippen molar-refractivity contribution >= 4 is 17.3 Å². The van der Waals surface area contributed by atoms with E-state index in [1.807, 2.05) is 30.3 Å². The molecule has 0 radical (unpaired) electrons. The normalized spacial score (nSPS) is 19.0. The summed E-state index contributed by atoms with van der Waals surface area (Å²) in [5, 5.41) is 13.6. The molecule has 3 rings (SSSR count). The first kappa shape index (κ1) is 15.0. The van der Waals surface area contributed by atoms with E-state index in [2.05, 4.69) is 5.32 Å². The summed E-state index contributed by atoms with van der Waals surface area (Å²) in [6.07, 6.45) is 0.811. The Kier molecular flexibility index (Phi) is 3.97. The van der Waals surface area contributed by atoms with Crippen molar-refractivity contribution in [2.75, 3.05) is 12.4 Å². The number of benzene rings is 2. The van der Waals surface area contributed by atoms with Crippen molar-refractivity contribution in [3.63, 3.8) is 0 Å². The molecule has 1 saturated carbocycles. The van der Waals surface area contributed by atoms with Crippen LogP contribution in [0.15, 0.2) is 48.5 Å². The Bertz CT molecular complexity index is 746. The first-order valence-electron chi connectivity index (χ1n) is 7.28. The predicted octanol–water partition coefficient (Wildman–Crippen LogP) is 3.35. The highest BCUT2D eigenvalue weighted by Crippen LogP contribution is 2.48. The summed E-state index contributed by atoms with van der Waals surface area (Å²) in [6.45, 7) is 0. The van der Waals surface area contributed by atoms with E-state index in [4.69, 9.17) is 4.74 Å². The Morgan fingerprint density at radius 3 is 2.65 bits per heavy atom. The largest absolute Gasteiger partial charge is 0.494 e. The van der Waals surface area contributed by atoms with E-state index in [-0.39, 0.29) is 29.2 Å². The second-order valence-electron chi connectivity index (χ2n) is 5.49. The lowest BCUT2D eigenvalue weighted by atomic mass is 10.1. The molecule has 0 saturated heterocycles. The molecule has 1 aliphatic rings. The molecule has 0 aliphatic heterocycles. The smallest absolute Gasteiger partial charge is 0.273 e. The molecule has 1 N–H and O–H groups in total. The van der Waals surface area contributed by atoms with Gasteiger partial charge >= 0.3 is 0 Å². The lowest BCUT2D eigenvalue weighted by Crippen LogP contribution is -2.15. The monoisotopic (exact) mass is 312 g/mol. The maximum Gasteiger partial charge on any atom is 0.273 e. The third-order valence-corrected chi connectivity index (χ3v) is 4.01. The molecule has 2 atom stereocenters. The highest BCUT2D eigenvalue weighted by Gasteiger charge is 2.44. The van der Waals surface area contributed by atoms with Crippen molar-refractivity contribution in [2.45, 2.75) is 12.3 Å². The molecule has 6 heteroatoms. The van der Waals surface area contributed by atoms with E-state index < -0.39 is 4.92 Å². The van der Waals surface area contributed by atoms with E-state index in [9.17, 15) is 14.9 Å². The Morgan fingerprint density at radius 1 is 1.26 bits per heavy atom. The second-order valence-corrected chi connectivity index (χ2v) is 5.49. The number of rotatable bonds is 5. The van der Waals surface area contributed by atoms with Gasteiger partial charge in [-0.15, -0.1) is 0 Å². The zero-order valence-electron chi connectivity index (χ0n) is 12.6. The number of anilines is 1. The maximum atomic E-state index is 12.3. The average molecular weight is 312 g/mol. The van der Waals surface area contributed by atoms with Crippen LogP contribution in [-0.2, 0) is 4.79 Å². The van der Waals surface area contributed by atoms with Crippen LogP contribution in [0.5, 0.6) is 5.75 Å². The van der Waals surface area contributed by atoms with Crippen LogP contribution in [0.3, 0.4) is 0 Å². The van der Waals surface area contributed by atoms with Gasteiger partial charge in [0.15, 0.2) is 0 Å². The number of amides is 1. The molecule has 1 fully saturated rings. The summed E-state index contributed by atoms with van der Waals surface area (Å²) in [5.41, 5.74) is 1.53. The van der Waals surface area contributed by atoms with Crippen LogP contribution >= 0.6 is 0 Å². The van der Waals surface area contributed by atoms with Crippen molar-refractivity contribution < 1.29 is 14.5 Å². The number of methoxy groups -OCH3 is 1. The number of carbonyl (C=O) groups excluding carboxylic acids is 1. The van der Waals surface area contributed by atoms with E-state index in [0.29, 0.717) is 5.69 Å². The summed E-state index contributed by atoms with van der Waals surface area (Å²) in [7, 11) is 1.42. The maximum absolute atomic E-state index is 12.3. The average Bonchev–Trinajstić information content (AvgIpc) is 3.36. The molecule has 1 amide bonds. The van der Waals surface area contributed by atoms with Gasteiger partial charge in [-0.25, -0.2) is 0 Å². The van der Waals surface area contributed by atoms with Gasteiger partial charge in [-0.1, -0.05) is 30.3 Å². The Balaban J connectivity index is 1.71. The molecular formula is C17H16N2O4. The first-order valence-corrected chi connectivity index (χ1v) is 7.28. The summed E-state index contributed by atoms with van der Waals surface area (Å²) in [5.74, 6) is 0.355. The quantitative estimate of drug-likeness (QED) is 0.678. The minimum Gasteiger partial charge on any atom is -0.494 e. The summed E-state index contributed by atoms with van der Waals surface area (Å²) >= 11 is 0. The van der Waals surface area contributed by atoms with E-state index in [1.165, 1.54) is 25.3 Å². The Hall–Kier alpha value is -2.89. The molecule has 0 heterocycles. The van der Waals surface area contributed by atoms with Crippen molar-refractivity contribution in [1.29, 1.82) is 0 Å². The van der Waals surface area contributed by atoms with Gasteiger partial charge < -0.3 is 10.1 Å². The fraction of sp³-hybridized carbons (Fsp3) is 0.235. The number of carbonyl (C=O) groups is 1. The zero-order valence-corrected chi connectivity index (χ0v) is 12.6. The van der Waals surface area contributed by atoms with Gasteiger partial charge in [-0.3, -0.25) is 14.9 Å². The highest BCUT2D eigenvalue weighted by atomic mass is 16.6. The molecule has 2 aromatic rings. The zero-order chi connectivity index (χ0) is 16.4. The predicted molar refractivity (Wildman–Crippen MR) is 85.6 cm³/mol. The van der Waals surface area contributed by atoms with Crippen molar-refractivity contribution in [3.8, 4) is 5.75 Å². The van der Waals surface area contributed by atoms with Crippen LogP contribution < -0.4 is 10.1 Å². The Labute approximate surface area is 133 Å². The number of nitrogens with zero attached hydrogens (tertiary/aromatic N) is 1. The van der Waals surface area contributed by atoms with Gasteiger partial charge in [0, 0.05) is 12.0 Å². The van der Waals surface area contributed by atoms with Crippen LogP contribution in [0, 0.1) is 16.0 Å². The van der Waals surface area contributed by atoms with Crippen LogP contribution in [0.1, 0.15) is 17.9 Å². The van der Waals surface area contributed by atoms with Gasteiger partial charge in [0.2, 0.25) is 5.91 Å². The Morgan fingerprint density at radius 2 is 2.00 bits per heavy atom. The lowest BCUT2D eigenvalue weighted by molar-refractivity contribution is -0.384. The standard InChI is InChI=1S/C17H16N2O4/c1-23-16-9-12(19(21)22)7-8-15(16)18-17(20)14-10-13(14)11-5-3-2-4-6-11/h2-9,13-14H,10H2,1H3,(H,18,20)/t13-,14-/m1/s1. The van der Waals surface area contributed by atoms with Crippen LogP contribution in [0.25, 0.3) is 0 Å². The van der Waals surface area contributed by atoms with Gasteiger partial charge in [0.05, 0.1) is 23.8 Å². The van der Waals surface area contributed by atoms with Crippen LogP contribution in [0.2, 0.25) is 0 Å². The molecule has 2 aromatic carbocycles. The summed E-state index contributed by atoms with van der Waals surface area (Å²) < 4.78 is 5.13. The molecule has 118 valence electrons. The fourth-order valence-corrected chi connectivity index (χ4v) is 2.68. The lowest BCUT2D eigenvalue weighted by Gasteiger charge is -2.10. The number of hydrogen-bond donors (Lipinski definition) is 1. The number of nitro benzene ring substituents is 1. The molecule has 6 nitrogen and oxygen atoms in total. The number of non-ortho nitro benzene ring substituents is 1. The van der Waals surface area contributed by atoms with Crippen molar-refractivity contribution in [3.05, 3.63) is 64.2 Å². The minimum atomic E-state index is -0.500. The van der Waals surface area contributed by atoms with Gasteiger partial charge in [-0.2, -0.15) is 0 Å². The number of hydrogen-bond acceptors (Lipinski definition) is 4. The molecule has 1 aliphatic carbocycles. The molecule has 23 heavy (non-hydrogen) atoms. The molecule has 0 bridgehead atoms. The van der Waals surface area contributed by atoms with Crippen LogP contribution in [-0.4, -0.2) is 17.9 Å². The first-order chi connectivity index (χ1) is 11.1. The third kappa shape index (κ3) is 3.15. The number of nitrogens with one attached hydrogen (secondary N) is 1. The van der Waals surface area contributed by atoms with Crippen molar-refractivity contribution in [2.24, 2.45) is 5.92 Å². The van der Waals surface area contributed by atoms with E-state index in [0.717, 1.165) is 12.0 Å². The van der Waals surface area contributed by atoms with Crippen molar-refractivity contribution in [1.82, 2.24) is 0 Å². The van der Waals surface area contributed by atoms with E-state index in [1.54, 1.807) is 0 Å². The third-order valence-electron chi connectivity index (χ3n) is 4.01. The van der Waals surface area contributed by atoms with Gasteiger partial charge in [0.1, 0.15) is 5.75 Å². The topological polar surface area (TPSA) is 81.5 Å². The highest BCUT2D eigenvalue weighted by molar-refractivity contribution is 5.96. The van der Waals surface area contributed by atoms with Gasteiger partial charge in [-0.05, 0) is 24.0 Å². The second kappa shape index (κ2) is 6.08. The summed E-state index contributed by atoms with van der Waals surface area (Å²) in [6, 6.07) is 14.0. The minimum absolute atomic E-state index is 0.0719. The number of ether oxygens (including phenoxy) is 1. The SMILES string of the molecule is COc1cc([N+](=O)[O-])ccc1NC(=O)[C@@H]1C[C@@H]1c1ccccc1. The molecule has 0 aromatic heterocycles. The fourth-order valence-electron chi connectivity index (χ4n) is 2.68. The van der Waals surface area contributed by atoms with Gasteiger partial charge in [0.25, 0.3) is 5.69 Å². The molecule has 0 spiro atoms. The summed E-state index contributed by atoms with van der Waals surface area (Å²) in [4.78, 5) is 22.6. The molecular weight excluding hydrogens is 296 g/mol. The van der Waals surface area contributed by atoms with E-state index >= 15 is 0 Å². The number of nitro groups is 1. The molecule has 0 unspecified atom stereocenters. The van der Waals surface area contributed by atoms with Crippen LogP contribution in [0.4, 0.5) is 11.4 Å².